The van der Waals surface area contributed by atoms with Gasteiger partial charge in [0, 0.05) is 16.1 Å². The van der Waals surface area contributed by atoms with Gasteiger partial charge in [-0.2, -0.15) is 0 Å². The number of para-hydroxylation sites is 1. The minimum Gasteiger partial charge on any atom is -0.507 e. The maximum Gasteiger partial charge on any atom is 0.300 e. The Morgan fingerprint density at radius 2 is 1.59 bits per heavy atom. The number of amides is 1. The van der Waals surface area contributed by atoms with Crippen LogP contribution in [0.5, 0.6) is 17.2 Å². The molecule has 1 fully saturated rings. The summed E-state index contributed by atoms with van der Waals surface area (Å²) in [5.74, 6) is 0.351. The van der Waals surface area contributed by atoms with Gasteiger partial charge in [0.05, 0.1) is 12.7 Å². The second-order valence-electron chi connectivity index (χ2n) is 8.73. The third kappa shape index (κ3) is 4.49. The van der Waals surface area contributed by atoms with Crippen molar-refractivity contribution >= 4 is 34.5 Å². The number of ketones is 1. The normalized spacial score (nSPS) is 16.7. The SMILES string of the molecule is COc1cc(C)c(/C(O)=C2/C(=O)C(=O)N(c3ccc(Oc4ccccc4)cc3)C2c2cccs2)cc1C. The van der Waals surface area contributed by atoms with E-state index < -0.39 is 17.7 Å². The number of aliphatic hydroxyl groups is 1. The Morgan fingerprint density at radius 1 is 0.892 bits per heavy atom. The van der Waals surface area contributed by atoms with E-state index in [9.17, 15) is 14.7 Å². The van der Waals surface area contributed by atoms with Gasteiger partial charge in [-0.05, 0) is 85.0 Å². The Morgan fingerprint density at radius 3 is 2.24 bits per heavy atom. The summed E-state index contributed by atoms with van der Waals surface area (Å²) in [6.07, 6.45) is 0. The monoisotopic (exact) mass is 511 g/mol. The standard InChI is InChI=1S/C30H25NO5S/c1-18-17-24(35-3)19(2)16-23(18)28(32)26-27(25-10-7-15-37-25)31(30(34)29(26)33)20-11-13-22(14-12-20)36-21-8-5-4-6-9-21/h4-17,27,32H,1-3H3/b28-26-. The van der Waals surface area contributed by atoms with Crippen molar-refractivity contribution < 1.29 is 24.2 Å². The van der Waals surface area contributed by atoms with Gasteiger partial charge < -0.3 is 14.6 Å². The topological polar surface area (TPSA) is 76.1 Å². The molecule has 0 spiro atoms. The van der Waals surface area contributed by atoms with E-state index in [1.54, 1.807) is 37.4 Å². The van der Waals surface area contributed by atoms with Crippen LogP contribution in [0.1, 0.15) is 27.6 Å². The number of nitrogens with zero attached hydrogens (tertiary/aromatic N) is 1. The molecule has 0 saturated carbocycles. The van der Waals surface area contributed by atoms with Gasteiger partial charge in [-0.1, -0.05) is 24.3 Å². The number of hydrogen-bond donors (Lipinski definition) is 1. The Balaban J connectivity index is 1.58. The highest BCUT2D eigenvalue weighted by Crippen LogP contribution is 2.44. The van der Waals surface area contributed by atoms with Crippen molar-refractivity contribution in [3.8, 4) is 17.2 Å². The van der Waals surface area contributed by atoms with Crippen LogP contribution in [-0.2, 0) is 9.59 Å². The molecule has 1 amide bonds. The van der Waals surface area contributed by atoms with Crippen LogP contribution < -0.4 is 14.4 Å². The maximum absolute atomic E-state index is 13.4. The van der Waals surface area contributed by atoms with Gasteiger partial charge in [-0.3, -0.25) is 14.5 Å². The van der Waals surface area contributed by atoms with Crippen molar-refractivity contribution in [1.82, 2.24) is 0 Å². The molecule has 1 aromatic heterocycles. The second kappa shape index (κ2) is 9.95. The first-order valence-corrected chi connectivity index (χ1v) is 12.6. The zero-order valence-electron chi connectivity index (χ0n) is 20.6. The molecule has 7 heteroatoms. The zero-order valence-corrected chi connectivity index (χ0v) is 21.4. The lowest BCUT2D eigenvalue weighted by atomic mass is 9.95. The van der Waals surface area contributed by atoms with Crippen LogP contribution in [0, 0.1) is 13.8 Å². The van der Waals surface area contributed by atoms with E-state index >= 15 is 0 Å². The summed E-state index contributed by atoms with van der Waals surface area (Å²) < 4.78 is 11.3. The van der Waals surface area contributed by atoms with Crippen LogP contribution in [0.2, 0.25) is 0 Å². The molecule has 5 rings (SSSR count). The van der Waals surface area contributed by atoms with Crippen molar-refractivity contribution in [2.24, 2.45) is 0 Å². The Kier molecular flexibility index (Phi) is 6.54. The average molecular weight is 512 g/mol. The summed E-state index contributed by atoms with van der Waals surface area (Å²) in [6.45, 7) is 3.70. The van der Waals surface area contributed by atoms with Gasteiger partial charge in [-0.25, -0.2) is 0 Å². The number of aryl methyl sites for hydroxylation is 2. The number of carbonyl (C=O) groups excluding carboxylic acids is 2. The molecule has 6 nitrogen and oxygen atoms in total. The van der Waals surface area contributed by atoms with E-state index in [0.29, 0.717) is 28.5 Å². The number of thiophene rings is 1. The second-order valence-corrected chi connectivity index (χ2v) is 9.71. The van der Waals surface area contributed by atoms with Crippen LogP contribution in [-0.4, -0.2) is 23.9 Å². The third-order valence-corrected chi connectivity index (χ3v) is 7.27. The van der Waals surface area contributed by atoms with E-state index in [-0.39, 0.29) is 11.3 Å². The maximum atomic E-state index is 13.4. The van der Waals surface area contributed by atoms with Crippen molar-refractivity contribution in [3.63, 3.8) is 0 Å². The van der Waals surface area contributed by atoms with Crippen molar-refractivity contribution in [2.45, 2.75) is 19.9 Å². The van der Waals surface area contributed by atoms with Gasteiger partial charge in [0.15, 0.2) is 0 Å². The summed E-state index contributed by atoms with van der Waals surface area (Å²) in [7, 11) is 1.58. The highest BCUT2D eigenvalue weighted by molar-refractivity contribution is 7.10. The quantitative estimate of drug-likeness (QED) is 0.175. The highest BCUT2D eigenvalue weighted by atomic mass is 32.1. The predicted octanol–water partition coefficient (Wildman–Crippen LogP) is 6.79. The van der Waals surface area contributed by atoms with Gasteiger partial charge in [-0.15, -0.1) is 11.3 Å². The first kappa shape index (κ1) is 24.3. The largest absolute Gasteiger partial charge is 0.507 e. The average Bonchev–Trinajstić information content (AvgIpc) is 3.53. The summed E-state index contributed by atoms with van der Waals surface area (Å²) >= 11 is 1.42. The summed E-state index contributed by atoms with van der Waals surface area (Å²) in [4.78, 5) is 29.0. The van der Waals surface area contributed by atoms with Gasteiger partial charge >= 0.3 is 0 Å². The molecule has 3 aromatic carbocycles. The molecule has 1 aliphatic rings. The smallest absolute Gasteiger partial charge is 0.300 e. The fourth-order valence-corrected chi connectivity index (χ4v) is 5.35. The van der Waals surface area contributed by atoms with E-state index in [4.69, 9.17) is 9.47 Å². The van der Waals surface area contributed by atoms with Crippen molar-refractivity contribution in [3.05, 3.63) is 111 Å². The molecule has 1 atom stereocenters. The van der Waals surface area contributed by atoms with E-state index in [1.165, 1.54) is 16.2 Å². The number of hydrogen-bond acceptors (Lipinski definition) is 6. The minimum absolute atomic E-state index is 0.0599. The molecule has 1 aliphatic heterocycles. The number of carbonyl (C=O) groups is 2. The molecule has 0 radical (unpaired) electrons. The fraction of sp³-hybridized carbons (Fsp3) is 0.133. The molecular formula is C30H25NO5S. The number of anilines is 1. The molecule has 0 bridgehead atoms. The van der Waals surface area contributed by atoms with Crippen LogP contribution in [0.25, 0.3) is 5.76 Å². The van der Waals surface area contributed by atoms with E-state index in [0.717, 1.165) is 16.0 Å². The predicted molar refractivity (Wildman–Crippen MR) is 145 cm³/mol. The molecule has 2 heterocycles. The van der Waals surface area contributed by atoms with Gasteiger partial charge in [0.25, 0.3) is 11.7 Å². The molecular weight excluding hydrogens is 486 g/mol. The number of ether oxygens (including phenoxy) is 2. The Labute approximate surface area is 219 Å². The van der Waals surface area contributed by atoms with Crippen molar-refractivity contribution in [1.29, 1.82) is 0 Å². The Hall–Kier alpha value is -4.36. The number of methoxy groups -OCH3 is 1. The lowest BCUT2D eigenvalue weighted by Gasteiger charge is -2.24. The third-order valence-electron chi connectivity index (χ3n) is 6.35. The molecule has 1 unspecified atom stereocenters. The van der Waals surface area contributed by atoms with Crippen LogP contribution in [0.4, 0.5) is 5.69 Å². The molecule has 1 saturated heterocycles. The Bertz CT molecular complexity index is 1490. The summed E-state index contributed by atoms with van der Waals surface area (Å²) in [5.41, 5.74) is 2.63. The van der Waals surface area contributed by atoms with E-state index in [2.05, 4.69) is 0 Å². The fourth-order valence-electron chi connectivity index (χ4n) is 4.52. The lowest BCUT2D eigenvalue weighted by molar-refractivity contribution is -0.132. The van der Waals surface area contributed by atoms with Gasteiger partial charge in [0.1, 0.15) is 29.0 Å². The molecule has 1 N–H and O–H groups in total. The first-order valence-electron chi connectivity index (χ1n) is 11.7. The number of rotatable bonds is 6. The summed E-state index contributed by atoms with van der Waals surface area (Å²) in [6, 6.07) is 22.9. The minimum atomic E-state index is -0.761. The molecule has 4 aromatic rings. The highest BCUT2D eigenvalue weighted by Gasteiger charge is 2.47. The van der Waals surface area contributed by atoms with Crippen LogP contribution in [0.15, 0.2) is 89.8 Å². The van der Waals surface area contributed by atoms with E-state index in [1.807, 2.05) is 67.8 Å². The number of benzene rings is 3. The number of Topliss-reactive ketones (excluding diaryl/α,β-unsaturated/α-hetero) is 1. The summed E-state index contributed by atoms with van der Waals surface area (Å²) in [5, 5.41) is 13.3. The number of aliphatic hydroxyl groups excluding tert-OH is 1. The molecule has 0 aliphatic carbocycles. The molecule has 186 valence electrons. The van der Waals surface area contributed by atoms with Crippen LogP contribution in [0.3, 0.4) is 0 Å². The zero-order chi connectivity index (χ0) is 26.1. The first-order chi connectivity index (χ1) is 17.9. The van der Waals surface area contributed by atoms with Crippen LogP contribution >= 0.6 is 11.3 Å². The molecule has 37 heavy (non-hydrogen) atoms. The van der Waals surface area contributed by atoms with Crippen molar-refractivity contribution in [2.75, 3.05) is 12.0 Å². The lowest BCUT2D eigenvalue weighted by Crippen LogP contribution is -2.29. The van der Waals surface area contributed by atoms with Gasteiger partial charge in [0.2, 0.25) is 0 Å².